The highest BCUT2D eigenvalue weighted by atomic mass is 32.2. The van der Waals surface area contributed by atoms with E-state index in [1.165, 1.54) is 6.07 Å². The van der Waals surface area contributed by atoms with Crippen LogP contribution in [0.3, 0.4) is 0 Å². The van der Waals surface area contributed by atoms with Gasteiger partial charge in [-0.2, -0.15) is 0 Å². The topological polar surface area (TPSA) is 120 Å². The molecule has 24 heavy (non-hydrogen) atoms. The molecular formula is C15H14N2O6S. The molecule has 1 aromatic heterocycles. The number of hydrogen-bond acceptors (Lipinski definition) is 6. The Balaban J connectivity index is 2.55. The van der Waals surface area contributed by atoms with Gasteiger partial charge in [0.2, 0.25) is 0 Å². The molecule has 0 unspecified atom stereocenters. The number of nitro groups is 1. The predicted octanol–water partition coefficient (Wildman–Crippen LogP) is 1.82. The number of aryl methyl sites for hydroxylation is 1. The van der Waals surface area contributed by atoms with Crippen LogP contribution in [-0.2, 0) is 16.4 Å². The first-order valence-electron chi connectivity index (χ1n) is 6.83. The largest absolute Gasteiger partial charge is 0.503 e. The number of allylic oxidation sites excluding steroid dienone is 1. The minimum Gasteiger partial charge on any atom is -0.503 e. The van der Waals surface area contributed by atoms with Crippen molar-refractivity contribution in [3.05, 3.63) is 75.2 Å². The smallest absolute Gasteiger partial charge is 0.306 e. The minimum atomic E-state index is -4.29. The summed E-state index contributed by atoms with van der Waals surface area (Å²) < 4.78 is 25.6. The third kappa shape index (κ3) is 3.35. The van der Waals surface area contributed by atoms with E-state index in [4.69, 9.17) is 0 Å². The molecule has 0 aliphatic carbocycles. The molecule has 0 spiro atoms. The molecule has 0 atom stereocenters. The molecule has 9 heteroatoms. The van der Waals surface area contributed by atoms with Crippen LogP contribution in [0.15, 0.2) is 58.9 Å². The van der Waals surface area contributed by atoms with Crippen molar-refractivity contribution < 1.29 is 18.4 Å². The fourth-order valence-electron chi connectivity index (χ4n) is 2.03. The van der Waals surface area contributed by atoms with Crippen LogP contribution >= 0.6 is 0 Å². The third-order valence-corrected chi connectivity index (χ3v) is 4.92. The van der Waals surface area contributed by atoms with Crippen LogP contribution < -0.4 is 5.56 Å². The minimum absolute atomic E-state index is 0.274. The van der Waals surface area contributed by atoms with Crippen molar-refractivity contribution in [1.29, 1.82) is 0 Å². The first kappa shape index (κ1) is 17.4. The van der Waals surface area contributed by atoms with Crippen LogP contribution in [0.5, 0.6) is 5.75 Å². The normalized spacial score (nSPS) is 11.2. The molecule has 0 aliphatic rings. The zero-order valence-corrected chi connectivity index (χ0v) is 13.3. The van der Waals surface area contributed by atoms with Gasteiger partial charge in [0, 0.05) is 18.3 Å². The molecule has 1 aromatic carbocycles. The van der Waals surface area contributed by atoms with Gasteiger partial charge in [-0.15, -0.1) is 6.58 Å². The van der Waals surface area contributed by atoms with E-state index < -0.39 is 26.3 Å². The Labute approximate surface area is 137 Å². The van der Waals surface area contributed by atoms with E-state index >= 15 is 0 Å². The number of nitrogens with zero attached hydrogens (tertiary/aromatic N) is 2. The molecule has 1 N–H and O–H groups in total. The highest BCUT2D eigenvalue weighted by Crippen LogP contribution is 2.19. The molecule has 126 valence electrons. The van der Waals surface area contributed by atoms with Gasteiger partial charge < -0.3 is 5.11 Å². The van der Waals surface area contributed by atoms with Crippen LogP contribution in [0.2, 0.25) is 0 Å². The summed E-state index contributed by atoms with van der Waals surface area (Å²) >= 11 is 0. The number of aromatic hydroxyl groups is 1. The first-order chi connectivity index (χ1) is 11.3. The zero-order chi connectivity index (χ0) is 17.9. The van der Waals surface area contributed by atoms with Gasteiger partial charge in [-0.25, -0.2) is 12.4 Å². The van der Waals surface area contributed by atoms with Gasteiger partial charge in [0.25, 0.3) is 15.7 Å². The van der Waals surface area contributed by atoms with E-state index in [0.717, 1.165) is 30.5 Å². The Morgan fingerprint density at radius 3 is 2.46 bits per heavy atom. The number of aromatic nitrogens is 1. The molecular weight excluding hydrogens is 336 g/mol. The lowest BCUT2D eigenvalue weighted by Gasteiger charge is -2.10. The summed E-state index contributed by atoms with van der Waals surface area (Å²) in [6.07, 6.45) is 3.68. The van der Waals surface area contributed by atoms with E-state index in [0.29, 0.717) is 22.4 Å². The Bertz CT molecular complexity index is 945. The lowest BCUT2D eigenvalue weighted by atomic mass is 10.1. The second-order valence-electron chi connectivity index (χ2n) is 4.92. The molecule has 0 saturated heterocycles. The van der Waals surface area contributed by atoms with Crippen LogP contribution in [0.25, 0.3) is 0 Å². The van der Waals surface area contributed by atoms with E-state index in [1.807, 2.05) is 0 Å². The molecule has 2 rings (SSSR count). The maximum absolute atomic E-state index is 12.6. The van der Waals surface area contributed by atoms with E-state index in [1.54, 1.807) is 6.08 Å². The summed E-state index contributed by atoms with van der Waals surface area (Å²) in [4.78, 5) is 21.7. The lowest BCUT2D eigenvalue weighted by Crippen LogP contribution is -2.27. The average Bonchev–Trinajstić information content (AvgIpc) is 2.55. The van der Waals surface area contributed by atoms with Crippen molar-refractivity contribution >= 4 is 15.7 Å². The average molecular weight is 350 g/mol. The molecule has 0 bridgehead atoms. The Morgan fingerprint density at radius 2 is 1.92 bits per heavy atom. The number of hydrogen-bond donors (Lipinski definition) is 1. The van der Waals surface area contributed by atoms with Gasteiger partial charge in [-0.3, -0.25) is 14.9 Å². The van der Waals surface area contributed by atoms with Crippen LogP contribution in [0.4, 0.5) is 5.69 Å². The van der Waals surface area contributed by atoms with E-state index in [-0.39, 0.29) is 10.6 Å². The highest BCUT2D eigenvalue weighted by Gasteiger charge is 2.21. The lowest BCUT2D eigenvalue weighted by molar-refractivity contribution is -0.384. The zero-order valence-electron chi connectivity index (χ0n) is 12.5. The van der Waals surface area contributed by atoms with Gasteiger partial charge in [-0.1, -0.05) is 6.08 Å². The van der Waals surface area contributed by atoms with Crippen molar-refractivity contribution in [2.24, 2.45) is 0 Å². The predicted molar refractivity (Wildman–Crippen MR) is 86.6 cm³/mol. The van der Waals surface area contributed by atoms with Crippen molar-refractivity contribution in [2.75, 3.05) is 0 Å². The SMILES string of the molecule is C=CCCc1cc(O)c(=O)n(S(=O)(=O)c2ccc([N+](=O)[O-])cc2)c1. The summed E-state index contributed by atoms with van der Waals surface area (Å²) in [7, 11) is -4.29. The number of pyridine rings is 1. The summed E-state index contributed by atoms with van der Waals surface area (Å²) in [6.45, 7) is 3.55. The first-order valence-corrected chi connectivity index (χ1v) is 8.27. The number of rotatable bonds is 6. The van der Waals surface area contributed by atoms with Crippen molar-refractivity contribution in [3.63, 3.8) is 0 Å². The molecule has 8 nitrogen and oxygen atoms in total. The van der Waals surface area contributed by atoms with Gasteiger partial charge in [0.15, 0.2) is 5.75 Å². The molecule has 1 heterocycles. The molecule has 2 aromatic rings. The van der Waals surface area contributed by atoms with Gasteiger partial charge in [0.1, 0.15) is 0 Å². The van der Waals surface area contributed by atoms with E-state index in [9.17, 15) is 28.4 Å². The molecule has 0 saturated carbocycles. The fraction of sp³-hybridized carbons (Fsp3) is 0.133. The molecule has 0 aliphatic heterocycles. The maximum atomic E-state index is 12.6. The van der Waals surface area contributed by atoms with Crippen molar-refractivity contribution in [1.82, 2.24) is 3.97 Å². The highest BCUT2D eigenvalue weighted by molar-refractivity contribution is 7.90. The number of nitro benzene ring substituents is 1. The van der Waals surface area contributed by atoms with Crippen molar-refractivity contribution in [2.45, 2.75) is 17.7 Å². The van der Waals surface area contributed by atoms with Gasteiger partial charge in [-0.05, 0) is 36.6 Å². The maximum Gasteiger partial charge on any atom is 0.306 e. The Kier molecular flexibility index (Phi) is 4.84. The van der Waals surface area contributed by atoms with E-state index in [2.05, 4.69) is 6.58 Å². The van der Waals surface area contributed by atoms with Gasteiger partial charge >= 0.3 is 5.56 Å². The summed E-state index contributed by atoms with van der Waals surface area (Å²) in [6, 6.07) is 5.33. The summed E-state index contributed by atoms with van der Waals surface area (Å²) in [5.41, 5.74) is -0.919. The quantitative estimate of drug-likeness (QED) is 0.482. The third-order valence-electron chi connectivity index (χ3n) is 3.27. The molecule has 0 amide bonds. The Morgan fingerprint density at radius 1 is 1.29 bits per heavy atom. The van der Waals surface area contributed by atoms with Gasteiger partial charge in [0.05, 0.1) is 9.82 Å². The second-order valence-corrected chi connectivity index (χ2v) is 6.73. The second kappa shape index (κ2) is 6.67. The standard InChI is InChI=1S/C15H14N2O6S/c1-2-3-4-11-9-14(18)15(19)16(10-11)24(22,23)13-7-5-12(6-8-13)17(20)21/h2,5-10,18H,1,3-4H2. The Hall–Kier alpha value is -2.94. The molecule has 0 radical (unpaired) electrons. The number of benzene rings is 1. The van der Waals surface area contributed by atoms with Crippen LogP contribution in [0.1, 0.15) is 12.0 Å². The monoisotopic (exact) mass is 350 g/mol. The molecule has 0 fully saturated rings. The van der Waals surface area contributed by atoms with Crippen molar-refractivity contribution in [3.8, 4) is 5.75 Å². The van der Waals surface area contributed by atoms with Crippen LogP contribution in [0, 0.1) is 10.1 Å². The fourth-order valence-corrected chi connectivity index (χ4v) is 3.33. The number of non-ortho nitro benzene ring substituents is 1. The van der Waals surface area contributed by atoms with Crippen LogP contribution in [-0.4, -0.2) is 22.4 Å². The summed E-state index contributed by atoms with van der Waals surface area (Å²) in [5, 5.41) is 20.3. The summed E-state index contributed by atoms with van der Waals surface area (Å²) in [5.74, 6) is -0.693.